The van der Waals surface area contributed by atoms with Gasteiger partial charge in [-0.1, -0.05) is 43.6 Å². The van der Waals surface area contributed by atoms with E-state index < -0.39 is 17.6 Å². The summed E-state index contributed by atoms with van der Waals surface area (Å²) in [7, 11) is 0. The van der Waals surface area contributed by atoms with Gasteiger partial charge in [0.25, 0.3) is 5.91 Å². The second-order valence-corrected chi connectivity index (χ2v) is 7.34. The van der Waals surface area contributed by atoms with Gasteiger partial charge in [0.2, 0.25) is 11.9 Å². The lowest BCUT2D eigenvalue weighted by atomic mass is 10.2. The summed E-state index contributed by atoms with van der Waals surface area (Å²) in [6, 6.07) is 11.6. The molecule has 0 saturated carbocycles. The fourth-order valence-corrected chi connectivity index (χ4v) is 3.56. The molecule has 0 aliphatic heterocycles. The first-order chi connectivity index (χ1) is 14.9. The first kappa shape index (κ1) is 22.7. The Morgan fingerprint density at radius 3 is 2.58 bits per heavy atom. The highest BCUT2D eigenvalue weighted by Crippen LogP contribution is 2.20. The smallest absolute Gasteiger partial charge is 0.256 e. The number of benzene rings is 2. The number of aromatic nitrogens is 2. The Balaban J connectivity index is 1.71. The number of amides is 2. The van der Waals surface area contributed by atoms with Crippen molar-refractivity contribution in [2.24, 2.45) is 0 Å². The SMILES string of the molecule is CCN(CC)CCn1c(NC(=O)CNC(=O)c2c(F)cccc2Cl)nc2ccccc21. The summed E-state index contributed by atoms with van der Waals surface area (Å²) < 4.78 is 15.8. The number of rotatable bonds is 9. The predicted molar refractivity (Wildman–Crippen MR) is 120 cm³/mol. The van der Waals surface area contributed by atoms with Crippen LogP contribution in [0.3, 0.4) is 0 Å². The molecular weight excluding hydrogens is 421 g/mol. The summed E-state index contributed by atoms with van der Waals surface area (Å²) >= 11 is 5.90. The van der Waals surface area contributed by atoms with Crippen molar-refractivity contribution in [2.75, 3.05) is 31.5 Å². The number of hydrogen-bond acceptors (Lipinski definition) is 4. The molecule has 2 aromatic carbocycles. The van der Waals surface area contributed by atoms with Crippen molar-refractivity contribution in [1.82, 2.24) is 19.8 Å². The Hall–Kier alpha value is -2.97. The Labute approximate surface area is 185 Å². The largest absolute Gasteiger partial charge is 0.343 e. The van der Waals surface area contributed by atoms with E-state index in [2.05, 4.69) is 34.4 Å². The highest BCUT2D eigenvalue weighted by molar-refractivity contribution is 6.33. The van der Waals surface area contributed by atoms with E-state index in [0.29, 0.717) is 12.5 Å². The number of anilines is 1. The van der Waals surface area contributed by atoms with Crippen LogP contribution in [-0.4, -0.2) is 52.4 Å². The standard InChI is InChI=1S/C22H25ClFN5O2/c1-3-28(4-2)12-13-29-18-11-6-5-10-17(18)26-22(29)27-19(30)14-25-21(31)20-15(23)8-7-9-16(20)24/h5-11H,3-4,12-14H2,1-2H3,(H,25,31)(H,26,27,30). The van der Waals surface area contributed by atoms with Gasteiger partial charge in [0.1, 0.15) is 5.82 Å². The van der Waals surface area contributed by atoms with Gasteiger partial charge >= 0.3 is 0 Å². The summed E-state index contributed by atoms with van der Waals surface area (Å²) in [5.41, 5.74) is 1.38. The molecule has 9 heteroatoms. The van der Waals surface area contributed by atoms with Crippen molar-refractivity contribution in [2.45, 2.75) is 20.4 Å². The van der Waals surface area contributed by atoms with E-state index in [-0.39, 0.29) is 17.1 Å². The Morgan fingerprint density at radius 1 is 1.13 bits per heavy atom. The molecule has 7 nitrogen and oxygen atoms in total. The van der Waals surface area contributed by atoms with E-state index in [1.165, 1.54) is 12.1 Å². The van der Waals surface area contributed by atoms with Crippen molar-refractivity contribution in [3.05, 3.63) is 58.9 Å². The molecule has 1 aromatic heterocycles. The van der Waals surface area contributed by atoms with Crippen molar-refractivity contribution in [3.63, 3.8) is 0 Å². The first-order valence-corrected chi connectivity index (χ1v) is 10.5. The zero-order valence-corrected chi connectivity index (χ0v) is 18.2. The van der Waals surface area contributed by atoms with Gasteiger partial charge in [-0.2, -0.15) is 0 Å². The summed E-state index contributed by atoms with van der Waals surface area (Å²) in [6.07, 6.45) is 0. The molecule has 31 heavy (non-hydrogen) atoms. The highest BCUT2D eigenvalue weighted by Gasteiger charge is 2.18. The zero-order valence-electron chi connectivity index (χ0n) is 17.5. The van der Waals surface area contributed by atoms with Gasteiger partial charge in [0.15, 0.2) is 0 Å². The van der Waals surface area contributed by atoms with Crippen LogP contribution in [0.15, 0.2) is 42.5 Å². The van der Waals surface area contributed by atoms with Crippen LogP contribution in [0.1, 0.15) is 24.2 Å². The number of carbonyl (C=O) groups excluding carboxylic acids is 2. The molecule has 0 aliphatic rings. The quantitative estimate of drug-likeness (QED) is 0.528. The average molecular weight is 446 g/mol. The summed E-state index contributed by atoms with van der Waals surface area (Å²) in [4.78, 5) is 31.5. The van der Waals surface area contributed by atoms with Gasteiger partial charge in [-0.3, -0.25) is 14.9 Å². The Kier molecular flexibility index (Phi) is 7.59. The lowest BCUT2D eigenvalue weighted by molar-refractivity contribution is -0.115. The maximum absolute atomic E-state index is 13.9. The molecule has 164 valence electrons. The Bertz CT molecular complexity index is 1060. The van der Waals surface area contributed by atoms with Crippen LogP contribution in [0.5, 0.6) is 0 Å². The molecule has 0 fully saturated rings. The van der Waals surface area contributed by atoms with Gasteiger partial charge in [-0.25, -0.2) is 9.37 Å². The highest BCUT2D eigenvalue weighted by atomic mass is 35.5. The van der Waals surface area contributed by atoms with E-state index in [0.717, 1.165) is 36.7 Å². The molecule has 0 radical (unpaired) electrons. The second-order valence-electron chi connectivity index (χ2n) is 6.93. The van der Waals surface area contributed by atoms with E-state index in [4.69, 9.17) is 11.6 Å². The van der Waals surface area contributed by atoms with Gasteiger partial charge < -0.3 is 14.8 Å². The average Bonchev–Trinajstić information content (AvgIpc) is 3.10. The number of para-hydroxylation sites is 2. The van der Waals surface area contributed by atoms with Gasteiger partial charge in [0.05, 0.1) is 28.2 Å². The van der Waals surface area contributed by atoms with Crippen LogP contribution in [-0.2, 0) is 11.3 Å². The van der Waals surface area contributed by atoms with Gasteiger partial charge in [-0.15, -0.1) is 0 Å². The van der Waals surface area contributed by atoms with Crippen molar-refractivity contribution in [3.8, 4) is 0 Å². The fraction of sp³-hybridized carbons (Fsp3) is 0.318. The molecule has 0 saturated heterocycles. The molecule has 0 atom stereocenters. The van der Waals surface area contributed by atoms with Crippen molar-refractivity contribution < 1.29 is 14.0 Å². The number of hydrogen-bond donors (Lipinski definition) is 2. The minimum Gasteiger partial charge on any atom is -0.343 e. The minimum absolute atomic E-state index is 0.0175. The molecule has 0 bridgehead atoms. The van der Waals surface area contributed by atoms with Crippen molar-refractivity contribution in [1.29, 1.82) is 0 Å². The van der Waals surface area contributed by atoms with Gasteiger partial charge in [-0.05, 0) is 37.4 Å². The van der Waals surface area contributed by atoms with E-state index >= 15 is 0 Å². The molecule has 2 N–H and O–H groups in total. The molecule has 1 heterocycles. The maximum Gasteiger partial charge on any atom is 0.256 e. The minimum atomic E-state index is -0.756. The number of likely N-dealkylation sites (N-methyl/N-ethyl adjacent to an activating group) is 1. The number of nitrogens with one attached hydrogen (secondary N) is 2. The number of fused-ring (bicyclic) bond motifs is 1. The summed E-state index contributed by atoms with van der Waals surface area (Å²) in [6.45, 7) is 7.16. The maximum atomic E-state index is 13.9. The van der Waals surface area contributed by atoms with E-state index in [1.807, 2.05) is 28.8 Å². The summed E-state index contributed by atoms with van der Waals surface area (Å²) in [5, 5.41) is 5.13. The Morgan fingerprint density at radius 2 is 1.87 bits per heavy atom. The number of imidazole rings is 1. The van der Waals surface area contributed by atoms with Crippen LogP contribution in [0.4, 0.5) is 10.3 Å². The monoisotopic (exact) mass is 445 g/mol. The molecule has 0 spiro atoms. The fourth-order valence-electron chi connectivity index (χ4n) is 3.31. The molecule has 3 aromatic rings. The third kappa shape index (κ3) is 5.39. The van der Waals surface area contributed by atoms with Crippen LogP contribution in [0, 0.1) is 5.82 Å². The summed E-state index contributed by atoms with van der Waals surface area (Å²) in [5.74, 6) is -1.58. The number of halogens is 2. The van der Waals surface area contributed by atoms with Crippen molar-refractivity contribution >= 4 is 40.4 Å². The molecule has 0 aliphatic carbocycles. The van der Waals surface area contributed by atoms with E-state index in [9.17, 15) is 14.0 Å². The lowest BCUT2D eigenvalue weighted by Gasteiger charge is -2.19. The first-order valence-electron chi connectivity index (χ1n) is 10.1. The van der Waals surface area contributed by atoms with Gasteiger partial charge in [0, 0.05) is 13.1 Å². The topological polar surface area (TPSA) is 79.3 Å². The van der Waals surface area contributed by atoms with Crippen LogP contribution in [0.25, 0.3) is 11.0 Å². The zero-order chi connectivity index (χ0) is 22.4. The van der Waals surface area contributed by atoms with Crippen LogP contribution < -0.4 is 10.6 Å². The third-order valence-corrected chi connectivity index (χ3v) is 5.35. The van der Waals surface area contributed by atoms with Crippen LogP contribution >= 0.6 is 11.6 Å². The number of nitrogens with zero attached hydrogens (tertiary/aromatic N) is 3. The predicted octanol–water partition coefficient (Wildman–Crippen LogP) is 3.54. The number of carbonyl (C=O) groups is 2. The molecule has 3 rings (SSSR count). The molecule has 2 amide bonds. The van der Waals surface area contributed by atoms with E-state index in [1.54, 1.807) is 0 Å². The lowest BCUT2D eigenvalue weighted by Crippen LogP contribution is -2.34. The molecule has 0 unspecified atom stereocenters. The third-order valence-electron chi connectivity index (χ3n) is 5.04. The second kappa shape index (κ2) is 10.4. The van der Waals surface area contributed by atoms with Crippen LogP contribution in [0.2, 0.25) is 5.02 Å². The normalized spacial score (nSPS) is 11.1. The molecular formula is C22H25ClFN5O2.